The number of hydrogen-bond donors (Lipinski definition) is 2. The van der Waals surface area contributed by atoms with Gasteiger partial charge in [0.05, 0.1) is 49.5 Å². The molecule has 1 saturated carbocycles. The molecule has 1 fully saturated rings. The summed E-state index contributed by atoms with van der Waals surface area (Å²) in [5.41, 5.74) is -0.0141. The Bertz CT molecular complexity index is 900. The van der Waals surface area contributed by atoms with Gasteiger partial charge in [0, 0.05) is 16.3 Å². The van der Waals surface area contributed by atoms with E-state index in [0.717, 1.165) is 36.1 Å². The predicted octanol–water partition coefficient (Wildman–Crippen LogP) is 2.59. The van der Waals surface area contributed by atoms with Crippen molar-refractivity contribution in [3.63, 3.8) is 0 Å². The molecular formula is C21H21BrN5+. The lowest BCUT2D eigenvalue weighted by Crippen LogP contribution is -3.13. The van der Waals surface area contributed by atoms with Gasteiger partial charge in [0.15, 0.2) is 0 Å². The molecule has 0 bridgehead atoms. The average molecular weight is 423 g/mol. The van der Waals surface area contributed by atoms with Gasteiger partial charge >= 0.3 is 0 Å². The zero-order valence-electron chi connectivity index (χ0n) is 15.2. The molecule has 27 heavy (non-hydrogen) atoms. The van der Waals surface area contributed by atoms with Crippen LogP contribution < -0.4 is 4.90 Å². The molecule has 0 aromatic heterocycles. The molecule has 6 heteroatoms. The van der Waals surface area contributed by atoms with Gasteiger partial charge in [0.1, 0.15) is 0 Å². The predicted molar refractivity (Wildman–Crippen MR) is 105 cm³/mol. The van der Waals surface area contributed by atoms with E-state index >= 15 is 0 Å². The van der Waals surface area contributed by atoms with Crippen molar-refractivity contribution >= 4 is 21.6 Å². The number of fused-ring (bicyclic) bond motifs is 1. The maximum Gasteiger partial charge on any atom is 0.203 e. The monoisotopic (exact) mass is 422 g/mol. The van der Waals surface area contributed by atoms with Crippen LogP contribution in [0.25, 0.3) is 0 Å². The van der Waals surface area contributed by atoms with Crippen LogP contribution >= 0.6 is 15.9 Å². The second-order valence-electron chi connectivity index (χ2n) is 7.25. The molecule has 1 aliphatic carbocycles. The Balaban J connectivity index is 2.19. The second kappa shape index (κ2) is 7.65. The molecule has 5 nitrogen and oxygen atoms in total. The lowest BCUT2D eigenvalue weighted by Gasteiger charge is -2.46. The highest BCUT2D eigenvalue weighted by atomic mass is 79.9. The Morgan fingerprint density at radius 1 is 1.30 bits per heavy atom. The third-order valence-corrected chi connectivity index (χ3v) is 6.26. The van der Waals surface area contributed by atoms with Crippen LogP contribution in [0.15, 0.2) is 40.4 Å². The number of nitriles is 3. The average Bonchev–Trinajstić information content (AvgIpc) is 2.68. The van der Waals surface area contributed by atoms with Gasteiger partial charge in [-0.05, 0) is 35.8 Å². The van der Waals surface area contributed by atoms with E-state index in [1.54, 1.807) is 0 Å². The van der Waals surface area contributed by atoms with Crippen LogP contribution in [-0.4, -0.2) is 25.3 Å². The highest BCUT2D eigenvalue weighted by Gasteiger charge is 2.57. The summed E-state index contributed by atoms with van der Waals surface area (Å²) in [5.74, 6) is -1.12. The molecule has 2 N–H and O–H groups in total. The molecule has 1 aliphatic heterocycles. The van der Waals surface area contributed by atoms with E-state index in [-0.39, 0.29) is 17.5 Å². The first-order valence-corrected chi connectivity index (χ1v) is 9.92. The summed E-state index contributed by atoms with van der Waals surface area (Å²) in [6, 6.07) is 14.2. The lowest BCUT2D eigenvalue weighted by molar-refractivity contribution is -0.899. The number of nitrogens with zero attached hydrogens (tertiary/aromatic N) is 3. The molecule has 1 aromatic carbocycles. The number of halogens is 1. The first-order valence-electron chi connectivity index (χ1n) is 9.13. The summed E-state index contributed by atoms with van der Waals surface area (Å²) >= 11 is 3.50. The minimum absolute atomic E-state index is 0.0820. The van der Waals surface area contributed by atoms with E-state index in [4.69, 9.17) is 5.41 Å². The first kappa shape index (κ1) is 19.3. The Morgan fingerprint density at radius 2 is 2.04 bits per heavy atom. The highest BCUT2D eigenvalue weighted by Crippen LogP contribution is 2.51. The molecule has 3 rings (SSSR count). The highest BCUT2D eigenvalue weighted by molar-refractivity contribution is 9.10. The minimum atomic E-state index is -1.62. The van der Waals surface area contributed by atoms with Gasteiger partial charge in [0.2, 0.25) is 5.41 Å². The lowest BCUT2D eigenvalue weighted by atomic mass is 9.55. The van der Waals surface area contributed by atoms with Crippen LogP contribution in [0.2, 0.25) is 0 Å². The Kier molecular flexibility index (Phi) is 5.47. The quantitative estimate of drug-likeness (QED) is 0.731. The third kappa shape index (κ3) is 3.08. The molecule has 136 valence electrons. The van der Waals surface area contributed by atoms with Crippen LogP contribution in [0, 0.1) is 56.7 Å². The van der Waals surface area contributed by atoms with Crippen molar-refractivity contribution in [1.29, 1.82) is 21.2 Å². The molecule has 0 radical (unpaired) electrons. The largest absolute Gasteiger partial charge is 0.331 e. The van der Waals surface area contributed by atoms with Crippen molar-refractivity contribution in [3.8, 4) is 18.2 Å². The number of hydrogen-bond acceptors (Lipinski definition) is 4. The number of quaternary nitrogens is 1. The summed E-state index contributed by atoms with van der Waals surface area (Å²) < 4.78 is 0.916. The smallest absolute Gasteiger partial charge is 0.203 e. The van der Waals surface area contributed by atoms with Gasteiger partial charge < -0.3 is 10.3 Å². The van der Waals surface area contributed by atoms with E-state index in [0.29, 0.717) is 5.57 Å². The van der Waals surface area contributed by atoms with Crippen molar-refractivity contribution in [3.05, 3.63) is 46.0 Å². The minimum Gasteiger partial charge on any atom is -0.331 e. The fraction of sp³-hybridized carbons (Fsp3) is 0.429. The fourth-order valence-electron chi connectivity index (χ4n) is 4.58. The number of nitrogens with one attached hydrogen (secondary N) is 2. The Hall–Kier alpha value is -2.46. The molecule has 1 heterocycles. The third-order valence-electron chi connectivity index (χ3n) is 5.77. The molecule has 0 spiro atoms. The van der Waals surface area contributed by atoms with Crippen molar-refractivity contribution in [2.45, 2.75) is 19.3 Å². The summed E-state index contributed by atoms with van der Waals surface area (Å²) in [4.78, 5) is 1.39. The van der Waals surface area contributed by atoms with Crippen LogP contribution in [0.5, 0.6) is 0 Å². The van der Waals surface area contributed by atoms with Crippen LogP contribution in [0.4, 0.5) is 0 Å². The maximum atomic E-state index is 9.90. The van der Waals surface area contributed by atoms with Crippen LogP contribution in [0.1, 0.15) is 24.8 Å². The van der Waals surface area contributed by atoms with E-state index < -0.39 is 11.3 Å². The van der Waals surface area contributed by atoms with E-state index in [1.807, 2.05) is 30.3 Å². The molecular weight excluding hydrogens is 402 g/mol. The van der Waals surface area contributed by atoms with Gasteiger partial charge in [-0.15, -0.1) is 0 Å². The fourth-order valence-corrected chi connectivity index (χ4v) is 4.99. The molecule has 4 atom stereocenters. The number of benzene rings is 1. The zero-order valence-corrected chi connectivity index (χ0v) is 16.8. The maximum absolute atomic E-state index is 9.90. The van der Waals surface area contributed by atoms with Gasteiger partial charge in [-0.2, -0.15) is 15.8 Å². The van der Waals surface area contributed by atoms with Crippen molar-refractivity contribution in [2.75, 3.05) is 19.6 Å². The van der Waals surface area contributed by atoms with E-state index in [1.165, 1.54) is 4.90 Å². The van der Waals surface area contributed by atoms with Gasteiger partial charge in [-0.1, -0.05) is 35.0 Å². The second-order valence-corrected chi connectivity index (χ2v) is 8.16. The van der Waals surface area contributed by atoms with Gasteiger partial charge in [-0.3, -0.25) is 0 Å². The molecule has 2 aliphatic rings. The summed E-state index contributed by atoms with van der Waals surface area (Å²) in [6.07, 6.45) is 3.03. The normalized spacial score (nSPS) is 28.9. The van der Waals surface area contributed by atoms with Crippen molar-refractivity contribution in [2.24, 2.45) is 17.3 Å². The van der Waals surface area contributed by atoms with Gasteiger partial charge in [0.25, 0.3) is 0 Å². The molecule has 1 aromatic rings. The summed E-state index contributed by atoms with van der Waals surface area (Å²) in [5, 5.41) is 38.2. The summed E-state index contributed by atoms with van der Waals surface area (Å²) in [6.45, 7) is 4.67. The zero-order chi connectivity index (χ0) is 19.6. The summed E-state index contributed by atoms with van der Waals surface area (Å²) in [7, 11) is 0. The van der Waals surface area contributed by atoms with E-state index in [2.05, 4.69) is 41.1 Å². The molecule has 1 unspecified atom stereocenters. The van der Waals surface area contributed by atoms with E-state index in [9.17, 15) is 15.8 Å². The van der Waals surface area contributed by atoms with Crippen LogP contribution in [-0.2, 0) is 0 Å². The SMILES string of the molecule is CCC[NH+]1CC=C2[C@H](C1)[C@H](c1cccc(Br)c1)[C@@H](C#N)C(=N)C2(C#N)C#N. The first-order chi connectivity index (χ1) is 13.0. The van der Waals surface area contributed by atoms with Crippen molar-refractivity contribution in [1.82, 2.24) is 0 Å². The van der Waals surface area contributed by atoms with Crippen molar-refractivity contribution < 1.29 is 4.90 Å². The van der Waals surface area contributed by atoms with Gasteiger partial charge in [-0.25, -0.2) is 0 Å². The number of rotatable bonds is 3. The van der Waals surface area contributed by atoms with Crippen LogP contribution in [0.3, 0.4) is 0 Å². The molecule has 0 amide bonds. The topological polar surface area (TPSA) is 99.7 Å². The Morgan fingerprint density at radius 3 is 2.63 bits per heavy atom. The molecule has 0 saturated heterocycles. The standard InChI is InChI=1S/C21H20BrN5/c1-2-7-27-8-6-18-17(11-27)19(14-4-3-5-15(22)9-14)16(10-23)20(26)21(18,12-24)13-25/h3-6,9,16-17,19,26H,2,7-8,11H2,1H3/p+1/t16-,17+,19-/m1/s1. The Labute approximate surface area is 168 Å².